The lowest BCUT2D eigenvalue weighted by Crippen LogP contribution is -2.28. The van der Waals surface area contributed by atoms with Crippen molar-refractivity contribution in [2.45, 2.75) is 26.2 Å². The summed E-state index contributed by atoms with van der Waals surface area (Å²) in [5, 5.41) is 8.32. The number of halogens is 1. The van der Waals surface area contributed by atoms with Crippen molar-refractivity contribution >= 4 is 5.97 Å². The molecule has 1 aromatic carbocycles. The van der Waals surface area contributed by atoms with Crippen LogP contribution in [0.5, 0.6) is 0 Å². The summed E-state index contributed by atoms with van der Waals surface area (Å²) in [6, 6.07) is 5.85. The van der Waals surface area contributed by atoms with E-state index in [-0.39, 0.29) is 12.0 Å². The smallest absolute Gasteiger partial charge is 0.307 e. The number of hydrogen-bond donors (Lipinski definition) is 1. The molecule has 0 aliphatic carbocycles. The summed E-state index contributed by atoms with van der Waals surface area (Å²) in [4.78, 5) is 12.6. The molecule has 19 heavy (non-hydrogen) atoms. The molecule has 1 fully saturated rings. The highest BCUT2D eigenvalue weighted by Crippen LogP contribution is 2.13. The number of carboxylic acids is 1. The molecule has 3 nitrogen and oxygen atoms in total. The number of piperidine rings is 1. The average Bonchev–Trinajstić information content (AvgIpc) is 2.36. The Labute approximate surface area is 114 Å². The van der Waals surface area contributed by atoms with Crippen molar-refractivity contribution in [2.75, 3.05) is 20.1 Å². The van der Waals surface area contributed by atoms with Gasteiger partial charge in [-0.2, -0.15) is 0 Å². The molecular weight excluding hydrogens is 245 g/mol. The van der Waals surface area contributed by atoms with Crippen LogP contribution in [-0.4, -0.2) is 36.1 Å². The van der Waals surface area contributed by atoms with Crippen LogP contribution in [0.3, 0.4) is 0 Å². The molecule has 0 radical (unpaired) electrons. The maximum absolute atomic E-state index is 12.7. The van der Waals surface area contributed by atoms with Gasteiger partial charge in [-0.3, -0.25) is 4.79 Å². The van der Waals surface area contributed by atoms with Crippen molar-refractivity contribution in [1.29, 1.82) is 0 Å². The molecule has 0 spiro atoms. The van der Waals surface area contributed by atoms with Crippen LogP contribution in [0.15, 0.2) is 24.3 Å². The summed E-state index contributed by atoms with van der Waals surface area (Å²) in [7, 11) is 2.20. The van der Waals surface area contributed by atoms with E-state index in [2.05, 4.69) is 18.9 Å². The molecular formula is C15H22FNO2. The van der Waals surface area contributed by atoms with Crippen LogP contribution in [-0.2, 0) is 11.2 Å². The molecule has 4 heteroatoms. The molecule has 1 aromatic rings. The summed E-state index contributed by atoms with van der Waals surface area (Å²) in [5.74, 6) is -0.504. The Morgan fingerprint density at radius 2 is 1.95 bits per heavy atom. The summed E-state index contributed by atoms with van der Waals surface area (Å²) >= 11 is 0. The van der Waals surface area contributed by atoms with Gasteiger partial charge in [-0.1, -0.05) is 25.1 Å². The minimum Gasteiger partial charge on any atom is -0.481 e. The van der Waals surface area contributed by atoms with Gasteiger partial charge in [0.1, 0.15) is 5.82 Å². The Balaban J connectivity index is 0.000000200. The zero-order valence-electron chi connectivity index (χ0n) is 11.6. The normalized spacial score (nSPS) is 16.6. The SMILES string of the molecule is CC1CCN(C)CC1.O=C(O)Cc1ccccc1F. The Hall–Kier alpha value is -1.42. The van der Waals surface area contributed by atoms with E-state index in [9.17, 15) is 9.18 Å². The van der Waals surface area contributed by atoms with Gasteiger partial charge in [0.2, 0.25) is 0 Å². The molecule has 0 unspecified atom stereocenters. The van der Waals surface area contributed by atoms with Gasteiger partial charge in [0.05, 0.1) is 6.42 Å². The van der Waals surface area contributed by atoms with Crippen molar-refractivity contribution in [3.63, 3.8) is 0 Å². The third-order valence-corrected chi connectivity index (χ3v) is 3.31. The van der Waals surface area contributed by atoms with E-state index in [4.69, 9.17) is 5.11 Å². The minimum absolute atomic E-state index is 0.222. The zero-order valence-corrected chi connectivity index (χ0v) is 11.6. The molecule has 0 atom stereocenters. The van der Waals surface area contributed by atoms with Gasteiger partial charge >= 0.3 is 5.97 Å². The lowest BCUT2D eigenvalue weighted by atomic mass is 10.00. The first-order chi connectivity index (χ1) is 8.99. The third kappa shape index (κ3) is 6.34. The number of rotatable bonds is 2. The van der Waals surface area contributed by atoms with Gasteiger partial charge in [0, 0.05) is 0 Å². The summed E-state index contributed by atoms with van der Waals surface area (Å²) < 4.78 is 12.7. The summed E-state index contributed by atoms with van der Waals surface area (Å²) in [5.41, 5.74) is 0.222. The Bertz CT molecular complexity index is 391. The van der Waals surface area contributed by atoms with Gasteiger partial charge in [-0.15, -0.1) is 0 Å². The first-order valence-corrected chi connectivity index (χ1v) is 6.62. The highest BCUT2D eigenvalue weighted by Gasteiger charge is 2.10. The fraction of sp³-hybridized carbons (Fsp3) is 0.533. The number of likely N-dealkylation sites (tertiary alicyclic amines) is 1. The van der Waals surface area contributed by atoms with E-state index in [0.29, 0.717) is 0 Å². The molecule has 106 valence electrons. The molecule has 1 heterocycles. The molecule has 1 aliphatic rings. The maximum atomic E-state index is 12.7. The van der Waals surface area contributed by atoms with Crippen LogP contribution in [0, 0.1) is 11.7 Å². The molecule has 1 saturated heterocycles. The van der Waals surface area contributed by atoms with Gasteiger partial charge in [-0.05, 0) is 50.5 Å². The minimum atomic E-state index is -1.02. The Morgan fingerprint density at radius 1 is 1.37 bits per heavy atom. The predicted octanol–water partition coefficient (Wildman–Crippen LogP) is 2.80. The highest BCUT2D eigenvalue weighted by molar-refractivity contribution is 5.70. The number of nitrogens with zero attached hydrogens (tertiary/aromatic N) is 1. The van der Waals surface area contributed by atoms with E-state index in [1.165, 1.54) is 44.1 Å². The fourth-order valence-corrected chi connectivity index (χ4v) is 1.94. The second-order valence-corrected chi connectivity index (χ2v) is 5.15. The van der Waals surface area contributed by atoms with E-state index in [1.54, 1.807) is 6.07 Å². The zero-order chi connectivity index (χ0) is 14.3. The van der Waals surface area contributed by atoms with Crippen LogP contribution < -0.4 is 0 Å². The van der Waals surface area contributed by atoms with Gasteiger partial charge in [0.15, 0.2) is 0 Å². The standard InChI is InChI=1S/C8H7FO2.C7H15N/c9-7-4-2-1-3-6(7)5-8(10)11;1-7-3-5-8(2)6-4-7/h1-4H,5H2,(H,10,11);7H,3-6H2,1-2H3. The Morgan fingerprint density at radius 3 is 2.42 bits per heavy atom. The third-order valence-electron chi connectivity index (χ3n) is 3.31. The summed E-state index contributed by atoms with van der Waals surface area (Å²) in [6.45, 7) is 4.95. The van der Waals surface area contributed by atoms with Crippen LogP contribution in [0.1, 0.15) is 25.3 Å². The van der Waals surface area contributed by atoms with Crippen molar-refractivity contribution in [3.8, 4) is 0 Å². The van der Waals surface area contributed by atoms with Gasteiger partial charge in [-0.25, -0.2) is 4.39 Å². The van der Waals surface area contributed by atoms with Crippen LogP contribution in [0.2, 0.25) is 0 Å². The molecule has 0 aromatic heterocycles. The Kier molecular flexibility index (Phi) is 6.50. The number of aliphatic carboxylic acids is 1. The number of benzene rings is 1. The van der Waals surface area contributed by atoms with E-state index in [1.807, 2.05) is 0 Å². The van der Waals surface area contributed by atoms with Crippen LogP contribution in [0.4, 0.5) is 4.39 Å². The molecule has 1 aliphatic heterocycles. The molecule has 0 saturated carbocycles. The fourth-order valence-electron chi connectivity index (χ4n) is 1.94. The first kappa shape index (κ1) is 15.6. The van der Waals surface area contributed by atoms with Crippen LogP contribution in [0.25, 0.3) is 0 Å². The second-order valence-electron chi connectivity index (χ2n) is 5.15. The van der Waals surface area contributed by atoms with Crippen molar-refractivity contribution in [3.05, 3.63) is 35.6 Å². The lowest BCUT2D eigenvalue weighted by Gasteiger charge is -2.26. The van der Waals surface area contributed by atoms with Crippen molar-refractivity contribution < 1.29 is 14.3 Å². The summed E-state index contributed by atoms with van der Waals surface area (Å²) in [6.07, 6.45) is 2.54. The number of hydrogen-bond acceptors (Lipinski definition) is 2. The second kappa shape index (κ2) is 7.89. The molecule has 0 bridgehead atoms. The maximum Gasteiger partial charge on any atom is 0.307 e. The van der Waals surface area contributed by atoms with Crippen molar-refractivity contribution in [1.82, 2.24) is 4.90 Å². The van der Waals surface area contributed by atoms with E-state index < -0.39 is 11.8 Å². The highest BCUT2D eigenvalue weighted by atomic mass is 19.1. The van der Waals surface area contributed by atoms with Crippen LogP contribution >= 0.6 is 0 Å². The van der Waals surface area contributed by atoms with Gasteiger partial charge in [0.25, 0.3) is 0 Å². The monoisotopic (exact) mass is 267 g/mol. The topological polar surface area (TPSA) is 40.5 Å². The van der Waals surface area contributed by atoms with Gasteiger partial charge < -0.3 is 10.0 Å². The first-order valence-electron chi connectivity index (χ1n) is 6.62. The molecule has 1 N–H and O–H groups in total. The largest absolute Gasteiger partial charge is 0.481 e. The molecule has 2 rings (SSSR count). The predicted molar refractivity (Wildman–Crippen MR) is 73.6 cm³/mol. The van der Waals surface area contributed by atoms with E-state index >= 15 is 0 Å². The quantitative estimate of drug-likeness (QED) is 0.895. The lowest BCUT2D eigenvalue weighted by molar-refractivity contribution is -0.136. The number of carboxylic acid groups (broad SMARTS) is 1. The molecule has 0 amide bonds. The average molecular weight is 267 g/mol. The van der Waals surface area contributed by atoms with E-state index in [0.717, 1.165) is 5.92 Å². The number of carbonyl (C=O) groups is 1. The van der Waals surface area contributed by atoms with Crippen molar-refractivity contribution in [2.24, 2.45) is 5.92 Å².